The van der Waals surface area contributed by atoms with Crippen LogP contribution in [0.2, 0.25) is 0 Å². The monoisotopic (exact) mass is 210 g/mol. The minimum Gasteiger partial charge on any atom is -0.314 e. The third kappa shape index (κ3) is 2.73. The summed E-state index contributed by atoms with van der Waals surface area (Å²) < 4.78 is 0. The van der Waals surface area contributed by atoms with E-state index in [1.165, 1.54) is 38.8 Å². The highest BCUT2D eigenvalue weighted by Gasteiger charge is 2.35. The summed E-state index contributed by atoms with van der Waals surface area (Å²) in [6, 6.07) is 1.52. The van der Waals surface area contributed by atoms with Crippen LogP contribution in [0.4, 0.5) is 0 Å². The molecule has 1 aliphatic heterocycles. The van der Waals surface area contributed by atoms with Crippen LogP contribution in [0, 0.1) is 11.3 Å². The Kier molecular flexibility index (Phi) is 3.36. The first-order valence-electron chi connectivity index (χ1n) is 6.54. The van der Waals surface area contributed by atoms with Crippen LogP contribution in [0.1, 0.15) is 46.5 Å². The summed E-state index contributed by atoms with van der Waals surface area (Å²) in [4.78, 5) is 0. The van der Waals surface area contributed by atoms with Crippen molar-refractivity contribution in [3.63, 3.8) is 0 Å². The van der Waals surface area contributed by atoms with Crippen LogP contribution in [0.3, 0.4) is 0 Å². The summed E-state index contributed by atoms with van der Waals surface area (Å²) in [5, 5.41) is 7.19. The molecule has 88 valence electrons. The van der Waals surface area contributed by atoms with E-state index in [0.29, 0.717) is 5.41 Å². The first kappa shape index (κ1) is 11.4. The van der Waals surface area contributed by atoms with Crippen molar-refractivity contribution in [3.05, 3.63) is 0 Å². The fourth-order valence-corrected chi connectivity index (χ4v) is 3.08. The van der Waals surface area contributed by atoms with Crippen molar-refractivity contribution in [2.75, 3.05) is 13.1 Å². The Morgan fingerprint density at radius 2 is 1.73 bits per heavy atom. The summed E-state index contributed by atoms with van der Waals surface area (Å²) in [5.74, 6) is 0.867. The molecule has 1 heterocycles. The van der Waals surface area contributed by atoms with Gasteiger partial charge in [-0.25, -0.2) is 0 Å². The van der Waals surface area contributed by atoms with E-state index in [9.17, 15) is 0 Å². The van der Waals surface area contributed by atoms with Crippen molar-refractivity contribution in [2.24, 2.45) is 11.3 Å². The van der Waals surface area contributed by atoms with E-state index in [0.717, 1.165) is 18.0 Å². The van der Waals surface area contributed by atoms with E-state index in [4.69, 9.17) is 0 Å². The second kappa shape index (κ2) is 4.42. The van der Waals surface area contributed by atoms with E-state index in [-0.39, 0.29) is 0 Å². The molecule has 2 unspecified atom stereocenters. The maximum Gasteiger partial charge on any atom is 0.0320 e. The van der Waals surface area contributed by atoms with Crippen molar-refractivity contribution in [1.29, 1.82) is 0 Å². The summed E-state index contributed by atoms with van der Waals surface area (Å²) in [6.45, 7) is 9.55. The number of hydrogen-bond acceptors (Lipinski definition) is 2. The molecule has 2 aliphatic rings. The Morgan fingerprint density at radius 3 is 2.27 bits per heavy atom. The molecule has 0 aromatic heterocycles. The van der Waals surface area contributed by atoms with Gasteiger partial charge >= 0.3 is 0 Å². The molecule has 2 fully saturated rings. The maximum atomic E-state index is 3.85. The Labute approximate surface area is 94.2 Å². The van der Waals surface area contributed by atoms with Gasteiger partial charge in [0.1, 0.15) is 0 Å². The molecule has 2 N–H and O–H groups in total. The summed E-state index contributed by atoms with van der Waals surface area (Å²) in [5.41, 5.74) is 0.468. The van der Waals surface area contributed by atoms with E-state index < -0.39 is 0 Å². The van der Waals surface area contributed by atoms with Gasteiger partial charge in [-0.1, -0.05) is 33.6 Å². The normalized spacial score (nSPS) is 33.8. The molecule has 0 amide bonds. The van der Waals surface area contributed by atoms with Crippen molar-refractivity contribution in [2.45, 2.75) is 58.5 Å². The van der Waals surface area contributed by atoms with Crippen molar-refractivity contribution in [1.82, 2.24) is 10.6 Å². The zero-order valence-corrected chi connectivity index (χ0v) is 10.5. The fraction of sp³-hybridized carbons (Fsp3) is 1.00. The molecule has 0 spiro atoms. The molecule has 0 radical (unpaired) electrons. The molecule has 0 aromatic rings. The average molecular weight is 210 g/mol. The molecule has 1 saturated heterocycles. The van der Waals surface area contributed by atoms with Crippen molar-refractivity contribution in [3.8, 4) is 0 Å². The van der Waals surface area contributed by atoms with Gasteiger partial charge in [0.25, 0.3) is 0 Å². The lowest BCUT2D eigenvalue weighted by Crippen LogP contribution is -2.60. The molecular weight excluding hydrogens is 184 g/mol. The number of nitrogens with one attached hydrogen (secondary N) is 2. The van der Waals surface area contributed by atoms with E-state index in [1.54, 1.807) is 0 Å². The molecule has 2 atom stereocenters. The van der Waals surface area contributed by atoms with Crippen LogP contribution in [-0.4, -0.2) is 25.2 Å². The smallest absolute Gasteiger partial charge is 0.0320 e. The molecule has 2 heteroatoms. The third-order valence-electron chi connectivity index (χ3n) is 4.11. The third-order valence-corrected chi connectivity index (χ3v) is 4.11. The zero-order valence-electron chi connectivity index (χ0n) is 10.5. The second-order valence-corrected chi connectivity index (χ2v) is 6.39. The summed E-state index contributed by atoms with van der Waals surface area (Å²) in [6.07, 6.45) is 5.66. The van der Waals surface area contributed by atoms with E-state index >= 15 is 0 Å². The van der Waals surface area contributed by atoms with Gasteiger partial charge in [-0.2, -0.15) is 0 Å². The van der Waals surface area contributed by atoms with Gasteiger partial charge in [0.2, 0.25) is 0 Å². The summed E-state index contributed by atoms with van der Waals surface area (Å²) in [7, 11) is 0. The van der Waals surface area contributed by atoms with Gasteiger partial charge in [-0.15, -0.1) is 0 Å². The van der Waals surface area contributed by atoms with E-state index in [2.05, 4.69) is 31.4 Å². The lowest BCUT2D eigenvalue weighted by atomic mass is 9.69. The van der Waals surface area contributed by atoms with Gasteiger partial charge in [0.05, 0.1) is 0 Å². The first-order valence-corrected chi connectivity index (χ1v) is 6.54. The molecule has 1 aliphatic carbocycles. The zero-order chi connectivity index (χ0) is 10.9. The Hall–Kier alpha value is -0.0800. The van der Waals surface area contributed by atoms with Gasteiger partial charge in [-0.3, -0.25) is 0 Å². The van der Waals surface area contributed by atoms with Gasteiger partial charge < -0.3 is 10.6 Å². The van der Waals surface area contributed by atoms with Crippen molar-refractivity contribution < 1.29 is 0 Å². The minimum absolute atomic E-state index is 0.468. The van der Waals surface area contributed by atoms with Gasteiger partial charge in [0, 0.05) is 25.2 Å². The highest BCUT2D eigenvalue weighted by Crippen LogP contribution is 2.38. The predicted molar refractivity (Wildman–Crippen MR) is 65.0 cm³/mol. The lowest BCUT2D eigenvalue weighted by Gasteiger charge is -2.44. The van der Waals surface area contributed by atoms with Gasteiger partial charge in [-0.05, 0) is 24.2 Å². The van der Waals surface area contributed by atoms with E-state index in [1.807, 2.05) is 0 Å². The highest BCUT2D eigenvalue weighted by atomic mass is 15.1. The Morgan fingerprint density at radius 1 is 1.07 bits per heavy atom. The lowest BCUT2D eigenvalue weighted by molar-refractivity contribution is 0.116. The molecular formula is C13H26N2. The molecule has 2 rings (SSSR count). The molecule has 0 bridgehead atoms. The van der Waals surface area contributed by atoms with Gasteiger partial charge in [0.15, 0.2) is 0 Å². The standard InChI is InChI=1S/C13H26N2/c1-13(2,3)11-6-4-5-7-12(11)15-10-8-14-9-10/h10-12,14-15H,4-9H2,1-3H3. The molecule has 15 heavy (non-hydrogen) atoms. The maximum absolute atomic E-state index is 3.85. The number of rotatable bonds is 2. The molecule has 2 nitrogen and oxygen atoms in total. The average Bonchev–Trinajstić information content (AvgIpc) is 2.10. The molecule has 1 saturated carbocycles. The topological polar surface area (TPSA) is 24.1 Å². The van der Waals surface area contributed by atoms with Crippen LogP contribution in [-0.2, 0) is 0 Å². The van der Waals surface area contributed by atoms with Crippen LogP contribution < -0.4 is 10.6 Å². The first-order chi connectivity index (χ1) is 7.07. The minimum atomic E-state index is 0.468. The van der Waals surface area contributed by atoms with Crippen molar-refractivity contribution >= 4 is 0 Å². The quantitative estimate of drug-likeness (QED) is 0.730. The summed E-state index contributed by atoms with van der Waals surface area (Å²) >= 11 is 0. The fourth-order valence-electron chi connectivity index (χ4n) is 3.08. The molecule has 0 aromatic carbocycles. The Bertz CT molecular complexity index is 203. The van der Waals surface area contributed by atoms with Crippen LogP contribution in [0.5, 0.6) is 0 Å². The second-order valence-electron chi connectivity index (χ2n) is 6.39. The predicted octanol–water partition coefficient (Wildman–Crippen LogP) is 2.15. The van der Waals surface area contributed by atoms with Crippen LogP contribution >= 0.6 is 0 Å². The highest BCUT2D eigenvalue weighted by molar-refractivity contribution is 4.92. The largest absolute Gasteiger partial charge is 0.314 e. The van der Waals surface area contributed by atoms with Crippen LogP contribution in [0.25, 0.3) is 0 Å². The SMILES string of the molecule is CC(C)(C)C1CCCCC1NC1CNC1. The van der Waals surface area contributed by atoms with Crippen LogP contribution in [0.15, 0.2) is 0 Å². The number of hydrogen-bond donors (Lipinski definition) is 2. The Balaban J connectivity index is 1.92.